The van der Waals surface area contributed by atoms with E-state index in [0.717, 1.165) is 12.2 Å². The summed E-state index contributed by atoms with van der Waals surface area (Å²) >= 11 is 1.56. The van der Waals surface area contributed by atoms with E-state index in [1.165, 1.54) is 6.07 Å². The van der Waals surface area contributed by atoms with Gasteiger partial charge < -0.3 is 9.52 Å². The van der Waals surface area contributed by atoms with Gasteiger partial charge in [0.05, 0.1) is 0 Å². The molecule has 0 aliphatic rings. The number of aromatic carboxylic acids is 1. The van der Waals surface area contributed by atoms with E-state index in [9.17, 15) is 4.79 Å². The lowest BCUT2D eigenvalue weighted by atomic mass is 10.2. The molecule has 1 aromatic heterocycles. The molecule has 1 heterocycles. The Morgan fingerprint density at radius 2 is 2.36 bits per heavy atom. The van der Waals surface area contributed by atoms with Crippen molar-refractivity contribution in [3.05, 3.63) is 17.9 Å². The Balaban J connectivity index is 2.48. The molecule has 0 spiro atoms. The van der Waals surface area contributed by atoms with Crippen LogP contribution in [0.2, 0.25) is 0 Å². The minimum atomic E-state index is -1.01. The van der Waals surface area contributed by atoms with Crippen LogP contribution in [-0.2, 0) is 0 Å². The minimum absolute atomic E-state index is 0.0108. The average molecular weight is 214 g/mol. The van der Waals surface area contributed by atoms with Crippen LogP contribution < -0.4 is 0 Å². The van der Waals surface area contributed by atoms with E-state index in [2.05, 4.69) is 13.8 Å². The van der Waals surface area contributed by atoms with Gasteiger partial charge in [-0.3, -0.25) is 0 Å². The maximum atomic E-state index is 10.5. The summed E-state index contributed by atoms with van der Waals surface area (Å²) in [5, 5.41) is 9.30. The number of carboxylic acid groups (broad SMARTS) is 1. The summed E-state index contributed by atoms with van der Waals surface area (Å²) in [5.41, 5.74) is 0. The maximum absolute atomic E-state index is 10.5. The Hall–Kier alpha value is -0.900. The molecule has 0 bridgehead atoms. The molecule has 1 aromatic rings. The molecule has 0 saturated carbocycles. The third-order valence-electron chi connectivity index (χ3n) is 2.00. The van der Waals surface area contributed by atoms with Crippen LogP contribution in [0.1, 0.15) is 30.8 Å². The summed E-state index contributed by atoms with van der Waals surface area (Å²) in [7, 11) is 0. The van der Waals surface area contributed by atoms with Crippen LogP contribution in [0.15, 0.2) is 21.6 Å². The number of furan rings is 1. The number of thioether (sulfide) groups is 1. The second-order valence-corrected chi connectivity index (χ2v) is 4.27. The molecule has 0 radical (unpaired) electrons. The van der Waals surface area contributed by atoms with E-state index in [-0.39, 0.29) is 5.76 Å². The van der Waals surface area contributed by atoms with Gasteiger partial charge in [-0.1, -0.05) is 32.0 Å². The average Bonchev–Trinajstić information content (AvgIpc) is 2.62. The lowest BCUT2D eigenvalue weighted by Crippen LogP contribution is -1.94. The van der Waals surface area contributed by atoms with Gasteiger partial charge in [0.25, 0.3) is 0 Å². The third kappa shape index (κ3) is 3.10. The molecule has 0 amide bonds. The number of carboxylic acids is 1. The van der Waals surface area contributed by atoms with Crippen molar-refractivity contribution >= 4 is 17.7 Å². The SMILES string of the molecule is CCC(C)CSc1ccc(C(=O)O)o1. The van der Waals surface area contributed by atoms with Crippen LogP contribution in [0.25, 0.3) is 0 Å². The fraction of sp³-hybridized carbons (Fsp3) is 0.500. The number of hydrogen-bond acceptors (Lipinski definition) is 3. The van der Waals surface area contributed by atoms with Crippen molar-refractivity contribution in [2.24, 2.45) is 5.92 Å². The first-order valence-electron chi connectivity index (χ1n) is 4.59. The second-order valence-electron chi connectivity index (χ2n) is 3.25. The van der Waals surface area contributed by atoms with E-state index in [1.807, 2.05) is 0 Å². The van der Waals surface area contributed by atoms with E-state index in [0.29, 0.717) is 11.0 Å². The van der Waals surface area contributed by atoms with Gasteiger partial charge in [-0.2, -0.15) is 0 Å². The first-order chi connectivity index (χ1) is 6.63. The van der Waals surface area contributed by atoms with Crippen LogP contribution in [0.3, 0.4) is 0 Å². The molecule has 0 fully saturated rings. The van der Waals surface area contributed by atoms with Crippen molar-refractivity contribution in [1.29, 1.82) is 0 Å². The highest BCUT2D eigenvalue weighted by molar-refractivity contribution is 7.99. The Kier molecular flexibility index (Phi) is 4.07. The second kappa shape index (κ2) is 5.10. The van der Waals surface area contributed by atoms with Gasteiger partial charge in [0.1, 0.15) is 0 Å². The highest BCUT2D eigenvalue weighted by Gasteiger charge is 2.09. The minimum Gasteiger partial charge on any atom is -0.475 e. The summed E-state index contributed by atoms with van der Waals surface area (Å²) in [5.74, 6) is 0.582. The van der Waals surface area contributed by atoms with Gasteiger partial charge in [0, 0.05) is 5.75 Å². The van der Waals surface area contributed by atoms with Crippen molar-refractivity contribution in [1.82, 2.24) is 0 Å². The fourth-order valence-electron chi connectivity index (χ4n) is 0.855. The van der Waals surface area contributed by atoms with Gasteiger partial charge in [0.15, 0.2) is 5.09 Å². The number of carbonyl (C=O) groups is 1. The molecule has 0 aromatic carbocycles. The number of hydrogen-bond donors (Lipinski definition) is 1. The van der Waals surface area contributed by atoms with Crippen LogP contribution in [0.5, 0.6) is 0 Å². The van der Waals surface area contributed by atoms with Gasteiger partial charge in [0.2, 0.25) is 5.76 Å². The zero-order valence-corrected chi connectivity index (χ0v) is 9.13. The summed E-state index contributed by atoms with van der Waals surface area (Å²) in [6.45, 7) is 4.30. The third-order valence-corrected chi connectivity index (χ3v) is 3.24. The Labute approximate surface area is 87.5 Å². The van der Waals surface area contributed by atoms with Gasteiger partial charge in [-0.05, 0) is 18.1 Å². The predicted octanol–water partition coefficient (Wildman–Crippen LogP) is 3.12. The largest absolute Gasteiger partial charge is 0.475 e. The van der Waals surface area contributed by atoms with Crippen molar-refractivity contribution in [3.8, 4) is 0 Å². The molecule has 0 aliphatic heterocycles. The first kappa shape index (κ1) is 11.2. The van der Waals surface area contributed by atoms with Crippen LogP contribution >= 0.6 is 11.8 Å². The molecule has 1 rings (SSSR count). The quantitative estimate of drug-likeness (QED) is 0.765. The summed E-state index contributed by atoms with van der Waals surface area (Å²) in [6.07, 6.45) is 1.12. The molecule has 0 saturated heterocycles. The molecule has 1 unspecified atom stereocenters. The van der Waals surface area contributed by atoms with Crippen molar-refractivity contribution in [2.45, 2.75) is 25.4 Å². The Bertz CT molecular complexity index is 306. The molecule has 1 atom stereocenters. The van der Waals surface area contributed by atoms with Crippen molar-refractivity contribution < 1.29 is 14.3 Å². The zero-order chi connectivity index (χ0) is 10.6. The molecule has 4 heteroatoms. The van der Waals surface area contributed by atoms with E-state index < -0.39 is 5.97 Å². The molecular weight excluding hydrogens is 200 g/mol. The van der Waals surface area contributed by atoms with Gasteiger partial charge in [-0.25, -0.2) is 4.79 Å². The van der Waals surface area contributed by atoms with Gasteiger partial charge in [-0.15, -0.1) is 0 Å². The molecule has 14 heavy (non-hydrogen) atoms. The van der Waals surface area contributed by atoms with E-state index in [1.54, 1.807) is 17.8 Å². The highest BCUT2D eigenvalue weighted by atomic mass is 32.2. The molecule has 1 N–H and O–H groups in total. The van der Waals surface area contributed by atoms with Gasteiger partial charge >= 0.3 is 5.97 Å². The molecule has 78 valence electrons. The summed E-state index contributed by atoms with van der Waals surface area (Å²) in [6, 6.07) is 3.19. The lowest BCUT2D eigenvalue weighted by Gasteiger charge is -2.04. The lowest BCUT2D eigenvalue weighted by molar-refractivity contribution is 0.0656. The van der Waals surface area contributed by atoms with Crippen molar-refractivity contribution in [2.75, 3.05) is 5.75 Å². The van der Waals surface area contributed by atoms with E-state index in [4.69, 9.17) is 9.52 Å². The smallest absolute Gasteiger partial charge is 0.371 e. The fourth-order valence-corrected chi connectivity index (χ4v) is 1.85. The number of rotatable bonds is 5. The van der Waals surface area contributed by atoms with Crippen LogP contribution in [-0.4, -0.2) is 16.8 Å². The molecular formula is C10H14O3S. The van der Waals surface area contributed by atoms with Crippen molar-refractivity contribution in [3.63, 3.8) is 0 Å². The normalized spacial score (nSPS) is 12.7. The summed E-state index contributed by atoms with van der Waals surface area (Å²) in [4.78, 5) is 10.5. The zero-order valence-electron chi connectivity index (χ0n) is 8.32. The van der Waals surface area contributed by atoms with E-state index >= 15 is 0 Å². The maximum Gasteiger partial charge on any atom is 0.371 e. The monoisotopic (exact) mass is 214 g/mol. The molecule has 0 aliphatic carbocycles. The predicted molar refractivity (Wildman–Crippen MR) is 55.8 cm³/mol. The summed E-state index contributed by atoms with van der Waals surface area (Å²) < 4.78 is 5.10. The highest BCUT2D eigenvalue weighted by Crippen LogP contribution is 2.24. The Morgan fingerprint density at radius 1 is 1.64 bits per heavy atom. The first-order valence-corrected chi connectivity index (χ1v) is 5.58. The van der Waals surface area contributed by atoms with Crippen LogP contribution in [0.4, 0.5) is 0 Å². The Morgan fingerprint density at radius 3 is 2.86 bits per heavy atom. The molecule has 3 nitrogen and oxygen atoms in total. The van der Waals surface area contributed by atoms with Crippen LogP contribution in [0, 0.1) is 5.92 Å². The standard InChI is InChI=1S/C10H14O3S/c1-3-7(2)6-14-9-5-4-8(13-9)10(11)12/h4-5,7H,3,6H2,1-2H3,(H,11,12). The topological polar surface area (TPSA) is 50.4 Å².